The lowest BCUT2D eigenvalue weighted by atomic mass is 9.74. The van der Waals surface area contributed by atoms with E-state index in [0.717, 1.165) is 52.4 Å². The molecule has 3 aromatic carbocycles. The van der Waals surface area contributed by atoms with Gasteiger partial charge in [-0.05, 0) is 73.3 Å². The summed E-state index contributed by atoms with van der Waals surface area (Å²) in [6.07, 6.45) is 6.39. The zero-order valence-electron chi connectivity index (χ0n) is 24.4. The van der Waals surface area contributed by atoms with Gasteiger partial charge in [0.05, 0.1) is 0 Å². The first-order valence-corrected chi connectivity index (χ1v) is 14.7. The van der Waals surface area contributed by atoms with Gasteiger partial charge in [0.1, 0.15) is 17.1 Å². The van der Waals surface area contributed by atoms with Crippen LogP contribution in [0.1, 0.15) is 40.9 Å². The predicted octanol–water partition coefficient (Wildman–Crippen LogP) is 5.37. The molecule has 3 aliphatic rings. The van der Waals surface area contributed by atoms with Crippen molar-refractivity contribution in [1.82, 2.24) is 20.1 Å². The highest BCUT2D eigenvalue weighted by Gasteiger charge is 2.38. The Morgan fingerprint density at radius 1 is 0.977 bits per heavy atom. The number of benzene rings is 3. The van der Waals surface area contributed by atoms with Crippen LogP contribution in [-0.2, 0) is 23.3 Å². The average Bonchev–Trinajstić information content (AvgIpc) is 3.76. The molecule has 1 fully saturated rings. The third kappa shape index (κ3) is 5.36. The first kappa shape index (κ1) is 27.2. The summed E-state index contributed by atoms with van der Waals surface area (Å²) in [5, 5.41) is 7.93. The molecule has 0 saturated carbocycles. The minimum atomic E-state index is -0.00811. The summed E-state index contributed by atoms with van der Waals surface area (Å²) in [5.74, 6) is 2.17. The summed E-state index contributed by atoms with van der Waals surface area (Å²) in [4.78, 5) is 17.4. The summed E-state index contributed by atoms with van der Waals surface area (Å²) < 4.78 is 22.2. The molecule has 9 nitrogen and oxygen atoms in total. The van der Waals surface area contributed by atoms with E-state index in [-0.39, 0.29) is 24.7 Å². The Morgan fingerprint density at radius 3 is 2.60 bits per heavy atom. The second-order valence-electron chi connectivity index (χ2n) is 11.6. The molecule has 43 heavy (non-hydrogen) atoms. The summed E-state index contributed by atoms with van der Waals surface area (Å²) in [7, 11) is 2.01. The van der Waals surface area contributed by atoms with Crippen LogP contribution in [0.3, 0.4) is 0 Å². The maximum Gasteiger partial charge on any atom is 0.260 e. The predicted molar refractivity (Wildman–Crippen MR) is 161 cm³/mol. The van der Waals surface area contributed by atoms with Gasteiger partial charge in [0.25, 0.3) is 5.91 Å². The fourth-order valence-corrected chi connectivity index (χ4v) is 6.35. The van der Waals surface area contributed by atoms with Crippen LogP contribution in [0, 0.1) is 6.92 Å². The van der Waals surface area contributed by atoms with Crippen LogP contribution in [0.25, 0.3) is 17.2 Å². The normalized spacial score (nSPS) is 16.2. The number of carbonyl (C=O) groups is 1. The lowest BCUT2D eigenvalue weighted by Gasteiger charge is -2.39. The van der Waals surface area contributed by atoms with Crippen LogP contribution >= 0.6 is 0 Å². The molecule has 3 heterocycles. The molecule has 220 valence electrons. The maximum absolute atomic E-state index is 13.3. The molecule has 0 bridgehead atoms. The first-order valence-electron chi connectivity index (χ1n) is 14.7. The van der Waals surface area contributed by atoms with Crippen molar-refractivity contribution in [3.05, 3.63) is 94.8 Å². The number of aryl methyl sites for hydroxylation is 1. The Kier molecular flexibility index (Phi) is 7.10. The number of likely N-dealkylation sites (tertiary alicyclic amines) is 1. The molecule has 1 saturated heterocycles. The molecule has 0 atom stereocenters. The molecule has 0 N–H and O–H groups in total. The van der Waals surface area contributed by atoms with Gasteiger partial charge in [0.15, 0.2) is 18.1 Å². The van der Waals surface area contributed by atoms with E-state index in [4.69, 9.17) is 18.8 Å². The fourth-order valence-electron chi connectivity index (χ4n) is 6.35. The number of piperidine rings is 1. The van der Waals surface area contributed by atoms with E-state index >= 15 is 0 Å². The van der Waals surface area contributed by atoms with E-state index in [2.05, 4.69) is 57.7 Å². The lowest BCUT2D eigenvalue weighted by Crippen LogP contribution is -2.45. The molecule has 4 aromatic rings. The van der Waals surface area contributed by atoms with E-state index < -0.39 is 0 Å². The number of carbonyl (C=O) groups excluding carboxylic acids is 1. The fraction of sp³-hybridized carbons (Fsp3) is 0.324. The standard InChI is InChI=1S/C34H34N4O5/c1-23-29(36-43-35-23)20-37(2)19-27-17-25(26-8-10-31-32(18-26)42-22-41-31)7-9-30(27)40-21-33(39)38-15-13-34(14-16-38)12-11-24-5-3-4-6-28(24)34/h3-12,17-18H,13-16,19-22H2,1-2H3. The maximum atomic E-state index is 13.3. The summed E-state index contributed by atoms with van der Waals surface area (Å²) in [6, 6.07) is 20.6. The number of hydrogen-bond donors (Lipinski definition) is 0. The van der Waals surface area contributed by atoms with Gasteiger partial charge in [-0.25, -0.2) is 4.63 Å². The van der Waals surface area contributed by atoms with E-state index in [1.807, 2.05) is 49.2 Å². The van der Waals surface area contributed by atoms with Crippen molar-refractivity contribution in [3.63, 3.8) is 0 Å². The van der Waals surface area contributed by atoms with E-state index in [0.29, 0.717) is 31.9 Å². The van der Waals surface area contributed by atoms with Gasteiger partial charge in [-0.3, -0.25) is 9.69 Å². The third-order valence-electron chi connectivity index (χ3n) is 8.81. The number of allylic oxidation sites excluding steroid dienone is 1. The molecular formula is C34H34N4O5. The van der Waals surface area contributed by atoms with Crippen molar-refractivity contribution >= 4 is 12.0 Å². The smallest absolute Gasteiger partial charge is 0.260 e. The molecule has 1 aromatic heterocycles. The molecular weight excluding hydrogens is 544 g/mol. The number of aromatic nitrogens is 2. The number of hydrogen-bond acceptors (Lipinski definition) is 8. The minimum absolute atomic E-state index is 0.00793. The molecule has 1 spiro atoms. The largest absolute Gasteiger partial charge is 0.483 e. The Balaban J connectivity index is 1.06. The highest BCUT2D eigenvalue weighted by atomic mass is 16.7. The second-order valence-corrected chi connectivity index (χ2v) is 11.6. The number of amides is 1. The van der Waals surface area contributed by atoms with Crippen molar-refractivity contribution in [2.75, 3.05) is 33.5 Å². The first-order chi connectivity index (χ1) is 21.0. The molecule has 9 heteroatoms. The van der Waals surface area contributed by atoms with Gasteiger partial charge < -0.3 is 19.1 Å². The molecule has 1 amide bonds. The summed E-state index contributed by atoms with van der Waals surface area (Å²) >= 11 is 0. The quantitative estimate of drug-likeness (QED) is 0.276. The number of fused-ring (bicyclic) bond motifs is 3. The van der Waals surface area contributed by atoms with Gasteiger partial charge in [0, 0.05) is 37.2 Å². The van der Waals surface area contributed by atoms with Crippen molar-refractivity contribution in [2.24, 2.45) is 0 Å². The monoisotopic (exact) mass is 578 g/mol. The van der Waals surface area contributed by atoms with Crippen LogP contribution in [0.15, 0.2) is 71.4 Å². The molecule has 0 unspecified atom stereocenters. The molecule has 1 aliphatic carbocycles. The highest BCUT2D eigenvalue weighted by Crippen LogP contribution is 2.43. The van der Waals surface area contributed by atoms with Gasteiger partial charge >= 0.3 is 0 Å². The van der Waals surface area contributed by atoms with E-state index in [1.54, 1.807) is 0 Å². The van der Waals surface area contributed by atoms with Gasteiger partial charge in [-0.1, -0.05) is 58.9 Å². The Hall–Kier alpha value is -4.63. The van der Waals surface area contributed by atoms with Gasteiger partial charge in [0.2, 0.25) is 6.79 Å². The second kappa shape index (κ2) is 11.2. The van der Waals surface area contributed by atoms with E-state index in [1.165, 1.54) is 11.1 Å². The van der Waals surface area contributed by atoms with Crippen LogP contribution in [0.5, 0.6) is 17.2 Å². The van der Waals surface area contributed by atoms with Crippen molar-refractivity contribution in [1.29, 1.82) is 0 Å². The van der Waals surface area contributed by atoms with Crippen LogP contribution < -0.4 is 14.2 Å². The van der Waals surface area contributed by atoms with Crippen LogP contribution in [0.2, 0.25) is 0 Å². The molecule has 0 radical (unpaired) electrons. The zero-order valence-corrected chi connectivity index (χ0v) is 24.4. The molecule has 2 aliphatic heterocycles. The Bertz CT molecular complexity index is 1690. The molecule has 7 rings (SSSR count). The Labute approximate surface area is 250 Å². The van der Waals surface area contributed by atoms with Gasteiger partial charge in [-0.15, -0.1) is 0 Å². The van der Waals surface area contributed by atoms with Gasteiger partial charge in [-0.2, -0.15) is 0 Å². The summed E-state index contributed by atoms with van der Waals surface area (Å²) in [5.41, 5.74) is 7.26. The van der Waals surface area contributed by atoms with Crippen LogP contribution in [-0.4, -0.2) is 59.6 Å². The van der Waals surface area contributed by atoms with Crippen molar-refractivity contribution in [2.45, 2.75) is 38.3 Å². The SMILES string of the molecule is Cc1nonc1CN(C)Cc1cc(-c2ccc3c(c2)OCO3)ccc1OCC(=O)N1CCC2(C=Cc3ccccc32)CC1. The average molecular weight is 579 g/mol. The number of rotatable bonds is 8. The lowest BCUT2D eigenvalue weighted by molar-refractivity contribution is -0.134. The minimum Gasteiger partial charge on any atom is -0.483 e. The Morgan fingerprint density at radius 2 is 1.77 bits per heavy atom. The van der Waals surface area contributed by atoms with Crippen molar-refractivity contribution in [3.8, 4) is 28.4 Å². The zero-order chi connectivity index (χ0) is 29.4. The number of nitrogens with zero attached hydrogens (tertiary/aromatic N) is 4. The summed E-state index contributed by atoms with van der Waals surface area (Å²) in [6.45, 7) is 4.67. The number of ether oxygens (including phenoxy) is 3. The van der Waals surface area contributed by atoms with Crippen LogP contribution in [0.4, 0.5) is 0 Å². The van der Waals surface area contributed by atoms with Crippen molar-refractivity contribution < 1.29 is 23.6 Å². The van der Waals surface area contributed by atoms with E-state index in [9.17, 15) is 4.79 Å². The topological polar surface area (TPSA) is 90.2 Å². The highest BCUT2D eigenvalue weighted by molar-refractivity contribution is 5.78. The third-order valence-corrected chi connectivity index (χ3v) is 8.81.